The molecule has 2 fully saturated rings. The highest BCUT2D eigenvalue weighted by molar-refractivity contribution is 5.54. The van der Waals surface area contributed by atoms with E-state index in [0.717, 1.165) is 0 Å². The van der Waals surface area contributed by atoms with E-state index in [1.54, 1.807) is 36.4 Å². The zero-order chi connectivity index (χ0) is 13.6. The molecule has 0 aromatic carbocycles. The summed E-state index contributed by atoms with van der Waals surface area (Å²) in [4.78, 5) is 0. The van der Waals surface area contributed by atoms with E-state index in [9.17, 15) is 31.6 Å². The second-order valence-electron chi connectivity index (χ2n) is 4.49. The number of hydrogen-bond donors (Lipinski definition) is 0. The molecule has 0 aromatic rings. The number of hydrogen-bond acceptors (Lipinski definition) is 6. The van der Waals surface area contributed by atoms with Crippen molar-refractivity contribution in [2.24, 2.45) is 28.1 Å². The fraction of sp³-hybridized carbons (Fsp3) is 0.500. The highest BCUT2D eigenvalue weighted by Gasteiger charge is 2.86. The summed E-state index contributed by atoms with van der Waals surface area (Å²) in [6.07, 6.45) is 0.355. The van der Waals surface area contributed by atoms with Gasteiger partial charge in [0, 0.05) is 0 Å². The molecule has 2 atom stereocenters. The van der Waals surface area contributed by atoms with E-state index in [1.165, 1.54) is 0 Å². The van der Waals surface area contributed by atoms with E-state index in [1.807, 2.05) is 0 Å². The molecule has 2 aliphatic carbocycles. The highest BCUT2D eigenvalue weighted by Crippen LogP contribution is 2.77. The Balaban J connectivity index is 2.89. The van der Waals surface area contributed by atoms with Crippen molar-refractivity contribution in [3.8, 4) is 36.4 Å². The van der Waals surface area contributed by atoms with E-state index in [0.29, 0.717) is 6.42 Å². The first-order valence-electron chi connectivity index (χ1n) is 5.07. The first-order chi connectivity index (χ1) is 8.59. The maximum atomic E-state index is 9.27. The van der Waals surface area contributed by atoms with Crippen LogP contribution >= 0.6 is 0 Å². The molecule has 0 N–H and O–H groups in total. The monoisotopic (exact) mass is 232 g/mol. The van der Waals surface area contributed by atoms with Gasteiger partial charge in [0.25, 0.3) is 0 Å². The van der Waals surface area contributed by atoms with Gasteiger partial charge in [-0.1, -0.05) is 0 Å². The van der Waals surface area contributed by atoms with Crippen LogP contribution in [0, 0.1) is 96.1 Å². The van der Waals surface area contributed by atoms with Crippen LogP contribution in [0.25, 0.3) is 0 Å². The van der Waals surface area contributed by atoms with Gasteiger partial charge in [0.2, 0.25) is 5.41 Å². The Labute approximate surface area is 103 Å². The number of nitriles is 6. The minimum Gasteiger partial charge on any atom is -0.196 e. The van der Waals surface area contributed by atoms with E-state index >= 15 is 0 Å². The van der Waals surface area contributed by atoms with E-state index in [2.05, 4.69) is 0 Å². The van der Waals surface area contributed by atoms with Crippen molar-refractivity contribution in [3.05, 3.63) is 0 Å². The number of nitrogens with zero attached hydrogens (tertiary/aromatic N) is 6. The van der Waals surface area contributed by atoms with Gasteiger partial charge in [-0.25, -0.2) is 0 Å². The molecular formula is C12H4N6. The molecule has 2 rings (SSSR count). The SMILES string of the molecule is N#CC1(C#N)C2CC2C(C#N)(C#N)C1(C#N)C#N. The summed E-state index contributed by atoms with van der Waals surface area (Å²) in [5.74, 6) is -1.10. The summed E-state index contributed by atoms with van der Waals surface area (Å²) in [5.41, 5.74) is -6.00. The molecule has 82 valence electrons. The number of rotatable bonds is 0. The van der Waals surface area contributed by atoms with Crippen molar-refractivity contribution in [1.29, 1.82) is 31.6 Å². The first kappa shape index (κ1) is 11.4. The first-order valence-corrected chi connectivity index (χ1v) is 5.07. The molecule has 2 unspecified atom stereocenters. The summed E-state index contributed by atoms with van der Waals surface area (Å²) in [6.45, 7) is 0. The Morgan fingerprint density at radius 1 is 0.611 bits per heavy atom. The third-order valence-corrected chi connectivity index (χ3v) is 4.13. The average molecular weight is 232 g/mol. The van der Waals surface area contributed by atoms with Gasteiger partial charge < -0.3 is 0 Å². The summed E-state index contributed by atoms with van der Waals surface area (Å²) in [7, 11) is 0. The maximum absolute atomic E-state index is 9.27. The lowest BCUT2D eigenvalue weighted by Gasteiger charge is -2.32. The normalized spacial score (nSPS) is 31.0. The third kappa shape index (κ3) is 0.711. The van der Waals surface area contributed by atoms with Crippen LogP contribution in [0.1, 0.15) is 6.42 Å². The van der Waals surface area contributed by atoms with Crippen LogP contribution in [0.4, 0.5) is 0 Å². The summed E-state index contributed by atoms with van der Waals surface area (Å²) >= 11 is 0. The van der Waals surface area contributed by atoms with Gasteiger partial charge in [0.05, 0.1) is 36.4 Å². The zero-order valence-electron chi connectivity index (χ0n) is 9.05. The Hall–Kier alpha value is -3.06. The Bertz CT molecular complexity index is 589. The molecule has 18 heavy (non-hydrogen) atoms. The van der Waals surface area contributed by atoms with Crippen LogP contribution in [0.15, 0.2) is 0 Å². The smallest absolute Gasteiger partial charge is 0.196 e. The molecule has 2 saturated carbocycles. The van der Waals surface area contributed by atoms with E-state index < -0.39 is 28.1 Å². The zero-order valence-corrected chi connectivity index (χ0v) is 9.05. The Morgan fingerprint density at radius 3 is 1.17 bits per heavy atom. The van der Waals surface area contributed by atoms with Gasteiger partial charge in [-0.2, -0.15) is 31.6 Å². The van der Waals surface area contributed by atoms with E-state index in [4.69, 9.17) is 0 Å². The van der Waals surface area contributed by atoms with Crippen molar-refractivity contribution in [1.82, 2.24) is 0 Å². The largest absolute Gasteiger partial charge is 0.207 e. The van der Waals surface area contributed by atoms with Crippen LogP contribution in [-0.4, -0.2) is 0 Å². The van der Waals surface area contributed by atoms with Gasteiger partial charge in [0.1, 0.15) is 0 Å². The minimum absolute atomic E-state index is 0.355. The molecule has 0 amide bonds. The average Bonchev–Trinajstić information content (AvgIpc) is 3.18. The molecule has 0 spiro atoms. The van der Waals surface area contributed by atoms with Crippen LogP contribution in [0.2, 0.25) is 0 Å². The topological polar surface area (TPSA) is 143 Å². The third-order valence-electron chi connectivity index (χ3n) is 4.13. The fourth-order valence-corrected chi connectivity index (χ4v) is 3.11. The molecule has 6 heteroatoms. The van der Waals surface area contributed by atoms with Crippen molar-refractivity contribution in [2.45, 2.75) is 6.42 Å². The van der Waals surface area contributed by atoms with Crippen LogP contribution in [0.3, 0.4) is 0 Å². The molecule has 6 nitrogen and oxygen atoms in total. The molecule has 0 bridgehead atoms. The standard InChI is InChI=1S/C12H4N6/c13-2-10(3-14)8-1-9(8)11(4-15,5-16)12(10,6-17)7-18/h8-9H,1H2. The summed E-state index contributed by atoms with van der Waals surface area (Å²) in [6, 6.07) is 10.2. The van der Waals surface area contributed by atoms with Crippen LogP contribution in [-0.2, 0) is 0 Å². The predicted molar refractivity (Wildman–Crippen MR) is 52.6 cm³/mol. The Morgan fingerprint density at radius 2 is 0.944 bits per heavy atom. The maximum Gasteiger partial charge on any atom is 0.207 e. The number of fused-ring (bicyclic) bond motifs is 1. The molecule has 0 saturated heterocycles. The van der Waals surface area contributed by atoms with Gasteiger partial charge in [-0.15, -0.1) is 0 Å². The lowest BCUT2D eigenvalue weighted by molar-refractivity contribution is 0.213. The fourth-order valence-electron chi connectivity index (χ4n) is 3.11. The molecule has 0 radical (unpaired) electrons. The lowest BCUT2D eigenvalue weighted by Crippen LogP contribution is -2.47. The van der Waals surface area contributed by atoms with Crippen molar-refractivity contribution >= 4 is 0 Å². The summed E-state index contributed by atoms with van der Waals surface area (Å²) < 4.78 is 0. The van der Waals surface area contributed by atoms with Gasteiger partial charge in [0.15, 0.2) is 10.8 Å². The van der Waals surface area contributed by atoms with E-state index in [-0.39, 0.29) is 0 Å². The summed E-state index contributed by atoms with van der Waals surface area (Å²) in [5, 5.41) is 55.5. The molecule has 0 aromatic heterocycles. The highest BCUT2D eigenvalue weighted by atomic mass is 14.8. The van der Waals surface area contributed by atoms with Crippen molar-refractivity contribution < 1.29 is 0 Å². The molecule has 2 aliphatic rings. The van der Waals surface area contributed by atoms with Gasteiger partial charge in [-0.3, -0.25) is 0 Å². The predicted octanol–water partition coefficient (Wildman–Crippen LogP) is 0.737. The quantitative estimate of drug-likeness (QED) is 0.602. The lowest BCUT2D eigenvalue weighted by atomic mass is 9.56. The second kappa shape index (κ2) is 2.99. The second-order valence-corrected chi connectivity index (χ2v) is 4.49. The van der Waals surface area contributed by atoms with Gasteiger partial charge in [-0.05, 0) is 18.3 Å². The van der Waals surface area contributed by atoms with Crippen molar-refractivity contribution in [3.63, 3.8) is 0 Å². The molecule has 0 heterocycles. The molecule has 0 aliphatic heterocycles. The minimum atomic E-state index is -2.21. The van der Waals surface area contributed by atoms with Crippen LogP contribution in [0.5, 0.6) is 0 Å². The van der Waals surface area contributed by atoms with Crippen molar-refractivity contribution in [2.75, 3.05) is 0 Å². The van der Waals surface area contributed by atoms with Gasteiger partial charge >= 0.3 is 0 Å². The Kier molecular flexibility index (Phi) is 1.90. The molecular weight excluding hydrogens is 228 g/mol. The van der Waals surface area contributed by atoms with Crippen LogP contribution < -0.4 is 0 Å².